The number of carbonyl (C=O) groups is 2. The van der Waals surface area contributed by atoms with Crippen LogP contribution in [0.25, 0.3) is 0 Å². The Balaban J connectivity index is 1.79. The molecule has 0 bridgehead atoms. The monoisotopic (exact) mass is 611 g/mol. The van der Waals surface area contributed by atoms with E-state index in [9.17, 15) is 18.0 Å². The molecule has 0 saturated heterocycles. The van der Waals surface area contributed by atoms with E-state index in [4.69, 9.17) is 0 Å². The molecule has 0 fully saturated rings. The summed E-state index contributed by atoms with van der Waals surface area (Å²) in [5.74, 6) is -0.546. The van der Waals surface area contributed by atoms with E-state index in [1.165, 1.54) is 9.21 Å². The lowest BCUT2D eigenvalue weighted by Crippen LogP contribution is -2.53. The average Bonchev–Trinajstić information content (AvgIpc) is 3.02. The predicted octanol–water partition coefficient (Wildman–Crippen LogP) is 5.91. The highest BCUT2D eigenvalue weighted by molar-refractivity contribution is 7.92. The van der Waals surface area contributed by atoms with Crippen LogP contribution in [-0.4, -0.2) is 44.3 Å². The molecule has 0 unspecified atom stereocenters. The molecule has 0 spiro atoms. The van der Waals surface area contributed by atoms with Crippen molar-refractivity contribution in [3.05, 3.63) is 131 Å². The molecule has 0 aromatic heterocycles. The van der Waals surface area contributed by atoms with Crippen LogP contribution in [0.1, 0.15) is 36.1 Å². The Morgan fingerprint density at radius 1 is 0.750 bits per heavy atom. The Hall–Kier alpha value is -4.43. The van der Waals surface area contributed by atoms with E-state index in [0.717, 1.165) is 16.7 Å². The molecule has 4 aromatic carbocycles. The zero-order valence-electron chi connectivity index (χ0n) is 25.8. The lowest BCUT2D eigenvalue weighted by atomic mass is 10.0. The number of rotatable bonds is 13. The van der Waals surface area contributed by atoms with Crippen molar-refractivity contribution in [3.8, 4) is 0 Å². The average molecular weight is 612 g/mol. The standard InChI is InChI=1S/C36H41N3O4S/c1-27(2)24-37-36(41)34(23-30-14-7-5-8-15-30)38(25-31-16-9-6-10-17-31)35(40)26-39(33-18-12-11-13-29(33)4)44(42,43)32-21-19-28(3)20-22-32/h5-22,27,34H,23-26H2,1-4H3,(H,37,41)/t34-/m0/s1. The van der Waals surface area contributed by atoms with Gasteiger partial charge in [-0.25, -0.2) is 8.42 Å². The molecule has 230 valence electrons. The molecule has 2 amide bonds. The van der Waals surface area contributed by atoms with Crippen LogP contribution in [0.2, 0.25) is 0 Å². The molecule has 8 heteroatoms. The second kappa shape index (κ2) is 14.8. The first-order valence-corrected chi connectivity index (χ1v) is 16.3. The fourth-order valence-corrected chi connectivity index (χ4v) is 6.43. The van der Waals surface area contributed by atoms with Crippen LogP contribution in [0.4, 0.5) is 5.69 Å². The third kappa shape index (κ3) is 8.35. The Labute approximate surface area is 261 Å². The van der Waals surface area contributed by atoms with E-state index < -0.39 is 28.5 Å². The summed E-state index contributed by atoms with van der Waals surface area (Å²) in [7, 11) is -4.14. The van der Waals surface area contributed by atoms with Gasteiger partial charge in [-0.15, -0.1) is 0 Å². The lowest BCUT2D eigenvalue weighted by molar-refractivity contribution is -0.140. The summed E-state index contributed by atoms with van der Waals surface area (Å²) in [4.78, 5) is 29.9. The quantitative estimate of drug-likeness (QED) is 0.204. The minimum absolute atomic E-state index is 0.0873. The number of carbonyl (C=O) groups excluding carboxylic acids is 2. The van der Waals surface area contributed by atoms with Crippen LogP contribution < -0.4 is 9.62 Å². The highest BCUT2D eigenvalue weighted by Crippen LogP contribution is 2.28. The van der Waals surface area contributed by atoms with Gasteiger partial charge in [0.2, 0.25) is 11.8 Å². The molecule has 7 nitrogen and oxygen atoms in total. The van der Waals surface area contributed by atoms with Gasteiger partial charge in [0.05, 0.1) is 10.6 Å². The number of nitrogens with zero attached hydrogens (tertiary/aromatic N) is 2. The van der Waals surface area contributed by atoms with Gasteiger partial charge in [-0.05, 0) is 54.7 Å². The SMILES string of the molecule is Cc1ccc(S(=O)(=O)N(CC(=O)N(Cc2ccccc2)[C@@H](Cc2ccccc2)C(=O)NCC(C)C)c2ccccc2C)cc1. The molecule has 0 radical (unpaired) electrons. The predicted molar refractivity (Wildman–Crippen MR) is 176 cm³/mol. The normalized spacial score (nSPS) is 12.0. The number of para-hydroxylation sites is 1. The Bertz CT molecular complexity index is 1640. The largest absolute Gasteiger partial charge is 0.354 e. The first-order chi connectivity index (χ1) is 21.1. The van der Waals surface area contributed by atoms with Gasteiger partial charge in [0.25, 0.3) is 10.0 Å². The molecule has 1 N–H and O–H groups in total. The molecule has 1 atom stereocenters. The van der Waals surface area contributed by atoms with Crippen molar-refractivity contribution in [2.75, 3.05) is 17.4 Å². The van der Waals surface area contributed by atoms with Gasteiger partial charge in [0.15, 0.2) is 0 Å². The van der Waals surface area contributed by atoms with Crippen LogP contribution in [0.15, 0.2) is 114 Å². The van der Waals surface area contributed by atoms with E-state index in [1.54, 1.807) is 36.4 Å². The highest BCUT2D eigenvalue weighted by atomic mass is 32.2. The number of nitrogens with one attached hydrogen (secondary N) is 1. The maximum absolute atomic E-state index is 14.5. The Morgan fingerprint density at radius 3 is 1.91 bits per heavy atom. The highest BCUT2D eigenvalue weighted by Gasteiger charge is 2.35. The number of aryl methyl sites for hydroxylation is 2. The maximum Gasteiger partial charge on any atom is 0.264 e. The summed E-state index contributed by atoms with van der Waals surface area (Å²) in [5, 5.41) is 3.01. The molecule has 44 heavy (non-hydrogen) atoms. The summed E-state index contributed by atoms with van der Waals surface area (Å²) < 4.78 is 29.5. The first kappa shape index (κ1) is 32.5. The Morgan fingerprint density at radius 2 is 1.32 bits per heavy atom. The van der Waals surface area contributed by atoms with Crippen LogP contribution in [0.5, 0.6) is 0 Å². The summed E-state index contributed by atoms with van der Waals surface area (Å²) in [6.45, 7) is 7.84. The third-order valence-electron chi connectivity index (χ3n) is 7.42. The van der Waals surface area contributed by atoms with E-state index >= 15 is 0 Å². The minimum Gasteiger partial charge on any atom is -0.354 e. The van der Waals surface area contributed by atoms with Crippen LogP contribution >= 0.6 is 0 Å². The second-order valence-electron chi connectivity index (χ2n) is 11.5. The molecule has 0 saturated carbocycles. The van der Waals surface area contributed by atoms with Crippen molar-refractivity contribution in [3.63, 3.8) is 0 Å². The van der Waals surface area contributed by atoms with Crippen LogP contribution in [0.3, 0.4) is 0 Å². The van der Waals surface area contributed by atoms with E-state index in [1.807, 2.05) is 100 Å². The molecular formula is C36H41N3O4S. The number of amides is 2. The van der Waals surface area contributed by atoms with Crippen molar-refractivity contribution in [1.82, 2.24) is 10.2 Å². The van der Waals surface area contributed by atoms with Gasteiger partial charge in [0.1, 0.15) is 12.6 Å². The van der Waals surface area contributed by atoms with Crippen LogP contribution in [0, 0.1) is 19.8 Å². The number of hydrogen-bond donors (Lipinski definition) is 1. The van der Waals surface area contributed by atoms with Crippen molar-refractivity contribution in [2.24, 2.45) is 5.92 Å². The second-order valence-corrected chi connectivity index (χ2v) is 13.3. The molecule has 0 aliphatic carbocycles. The number of anilines is 1. The van der Waals surface area contributed by atoms with Gasteiger partial charge in [-0.2, -0.15) is 0 Å². The van der Waals surface area contributed by atoms with E-state index in [-0.39, 0.29) is 29.7 Å². The van der Waals surface area contributed by atoms with E-state index in [0.29, 0.717) is 17.8 Å². The van der Waals surface area contributed by atoms with Crippen molar-refractivity contribution in [1.29, 1.82) is 0 Å². The van der Waals surface area contributed by atoms with Crippen LogP contribution in [-0.2, 0) is 32.6 Å². The zero-order chi connectivity index (χ0) is 31.7. The van der Waals surface area contributed by atoms with Gasteiger partial charge >= 0.3 is 0 Å². The summed E-state index contributed by atoms with van der Waals surface area (Å²) in [6.07, 6.45) is 0.276. The van der Waals surface area contributed by atoms with Gasteiger partial charge in [0, 0.05) is 19.5 Å². The summed E-state index contributed by atoms with van der Waals surface area (Å²) in [5.41, 5.74) is 3.77. The fraction of sp³-hybridized carbons (Fsp3) is 0.278. The minimum atomic E-state index is -4.14. The number of hydrogen-bond acceptors (Lipinski definition) is 4. The number of benzene rings is 4. The van der Waals surface area contributed by atoms with Crippen molar-refractivity contribution >= 4 is 27.5 Å². The third-order valence-corrected chi connectivity index (χ3v) is 9.20. The van der Waals surface area contributed by atoms with Gasteiger partial charge in [-0.1, -0.05) is 110 Å². The molecule has 0 aliphatic rings. The Kier molecular flexibility index (Phi) is 11.0. The zero-order valence-corrected chi connectivity index (χ0v) is 26.6. The number of sulfonamides is 1. The topological polar surface area (TPSA) is 86.8 Å². The molecule has 0 aliphatic heterocycles. The molecule has 0 heterocycles. The fourth-order valence-electron chi connectivity index (χ4n) is 4.95. The van der Waals surface area contributed by atoms with Gasteiger partial charge in [-0.3, -0.25) is 13.9 Å². The van der Waals surface area contributed by atoms with Crippen molar-refractivity contribution in [2.45, 2.75) is 51.6 Å². The molecule has 4 rings (SSSR count). The van der Waals surface area contributed by atoms with E-state index in [2.05, 4.69) is 5.32 Å². The first-order valence-electron chi connectivity index (χ1n) is 14.9. The summed E-state index contributed by atoms with van der Waals surface area (Å²) >= 11 is 0. The molecular weight excluding hydrogens is 570 g/mol. The van der Waals surface area contributed by atoms with Crippen molar-refractivity contribution < 1.29 is 18.0 Å². The van der Waals surface area contributed by atoms with Gasteiger partial charge < -0.3 is 10.2 Å². The lowest BCUT2D eigenvalue weighted by Gasteiger charge is -2.34. The molecule has 4 aromatic rings. The summed E-state index contributed by atoms with van der Waals surface area (Å²) in [6, 6.07) is 31.8. The smallest absolute Gasteiger partial charge is 0.264 e. The maximum atomic E-state index is 14.5.